The van der Waals surface area contributed by atoms with E-state index in [2.05, 4.69) is 19.9 Å². The highest BCUT2D eigenvalue weighted by atomic mass is 127. The first-order valence-corrected chi connectivity index (χ1v) is 23.0. The molecule has 80 heavy (non-hydrogen) atoms. The Bertz CT molecular complexity index is 3890. The molecule has 8 bridgehead atoms. The number of likely N-dealkylation sites (tertiary alicyclic amines) is 2. The van der Waals surface area contributed by atoms with E-state index in [1.54, 1.807) is 0 Å². The van der Waals surface area contributed by atoms with Gasteiger partial charge in [-0.15, -0.1) is 0 Å². The quantitative estimate of drug-likeness (QED) is 0.0629. The molecule has 2 N–H and O–H groups in total. The summed E-state index contributed by atoms with van der Waals surface area (Å²) in [6.45, 7) is -1.13. The molecule has 7 heterocycles. The number of hydrogen-bond acceptors (Lipinski definition) is 2. The SMILES string of the molecule is C[N+]1(C)CC2c3nc(c(-c4c(F)c(F)c(F)c(F)c4F)c4ccc([nH]4)c(-c4c(F)c(F)c(F)c(F)c4F)c4nc(c(-c5c(F)c(F)c(F)c(F)c5F)c5[nH]c(c3-c3c(F)c(F)c(F)c(F)c3F)C3C[N+](C)(C)CC53)C=C4)C2C1.[I-].[I-]. The first kappa shape index (κ1) is 58.6. The molecule has 422 valence electrons. The van der Waals surface area contributed by atoms with Crippen molar-refractivity contribution in [2.24, 2.45) is 0 Å². The molecule has 2 fully saturated rings. The minimum absolute atomic E-state index is 0. The van der Waals surface area contributed by atoms with Gasteiger partial charge in [-0.2, -0.15) is 0 Å². The monoisotopic (exact) mass is 1370 g/mol. The molecule has 0 amide bonds. The molecule has 0 spiro atoms. The Morgan fingerprint density at radius 1 is 0.312 bits per heavy atom. The van der Waals surface area contributed by atoms with Crippen molar-refractivity contribution in [3.05, 3.63) is 163 Å². The van der Waals surface area contributed by atoms with Crippen molar-refractivity contribution >= 4 is 23.2 Å². The van der Waals surface area contributed by atoms with Crippen molar-refractivity contribution in [1.82, 2.24) is 19.9 Å². The number of fused-ring (bicyclic) bond motifs is 14. The number of nitrogens with zero attached hydrogens (tertiary/aromatic N) is 4. The first-order chi connectivity index (χ1) is 36.5. The molecule has 2 aromatic heterocycles. The van der Waals surface area contributed by atoms with Crippen LogP contribution >= 0.6 is 0 Å². The van der Waals surface area contributed by atoms with Crippen molar-refractivity contribution in [2.45, 2.75) is 23.7 Å². The van der Waals surface area contributed by atoms with Gasteiger partial charge < -0.3 is 66.9 Å². The molecule has 4 atom stereocenters. The Labute approximate surface area is 470 Å². The Balaban J connectivity index is 0.00000387. The number of aromatic nitrogens is 4. The second kappa shape index (κ2) is 19.9. The van der Waals surface area contributed by atoms with Crippen molar-refractivity contribution in [1.29, 1.82) is 0 Å². The summed E-state index contributed by atoms with van der Waals surface area (Å²) in [6, 6.07) is 1.45. The number of quaternary nitrogens is 2. The van der Waals surface area contributed by atoms with E-state index in [4.69, 9.17) is 0 Å². The molecule has 5 aliphatic rings. The normalized spacial score (nSPS) is 19.0. The summed E-state index contributed by atoms with van der Waals surface area (Å²) < 4.78 is 315. The second-order valence-corrected chi connectivity index (χ2v) is 20.6. The number of rotatable bonds is 4. The maximum atomic E-state index is 16.8. The standard InChI is InChI=1S/C52H30F20N6.2HI/c1-77(2)9-13-15(11-77)51-28(27-35(59)43(67)48(72)44(68)36(27)60)52-16-12-78(3,4)10-14(16)50(76-52)23(26-33(57)41(65)47(71)42(66)34(26)58)20-8-6-18(74-20)21(24-29(53)37(61)45(69)38(62)30(24)54)17-5-7-19(73-17)22(49(13)75-51)25-31(55)39(63)46(70)40(64)32(25)56;;/h5-8,13-16,73,76H,9-12H2,1-4H3;2*1H/q+2;;/p-2. The summed E-state index contributed by atoms with van der Waals surface area (Å²) >= 11 is 0. The van der Waals surface area contributed by atoms with E-state index in [0.717, 1.165) is 6.07 Å². The predicted octanol–water partition coefficient (Wildman–Crippen LogP) is 7.58. The number of likely N-dealkylation sites (N-methyl/N-ethyl adjacent to an activating group) is 2. The Hall–Kier alpha value is -6.02. The smallest absolute Gasteiger partial charge is 0.200 e. The summed E-state index contributed by atoms with van der Waals surface area (Å²) in [4.78, 5) is 13.9. The van der Waals surface area contributed by atoms with E-state index in [9.17, 15) is 17.6 Å². The van der Waals surface area contributed by atoms with Crippen LogP contribution in [0.5, 0.6) is 0 Å². The van der Waals surface area contributed by atoms with E-state index < -0.39 is 230 Å². The van der Waals surface area contributed by atoms with Crippen LogP contribution in [0.1, 0.15) is 57.8 Å². The molecule has 2 saturated heterocycles. The first-order valence-electron chi connectivity index (χ1n) is 23.0. The fourth-order valence-electron chi connectivity index (χ4n) is 11.8. The number of benzene rings is 4. The molecule has 0 radical (unpaired) electrons. The van der Waals surface area contributed by atoms with Crippen molar-refractivity contribution < 1.29 is 145 Å². The topological polar surface area (TPSA) is 57.4 Å². The van der Waals surface area contributed by atoms with Gasteiger partial charge in [-0.05, 0) is 24.3 Å². The van der Waals surface area contributed by atoms with Crippen LogP contribution in [0.4, 0.5) is 87.8 Å². The largest absolute Gasteiger partial charge is 1.00 e. The molecule has 0 saturated carbocycles. The third-order valence-corrected chi connectivity index (χ3v) is 15.0. The predicted molar refractivity (Wildman–Crippen MR) is 237 cm³/mol. The summed E-state index contributed by atoms with van der Waals surface area (Å²) in [5, 5.41) is 0. The lowest BCUT2D eigenvalue weighted by Gasteiger charge is -2.25. The van der Waals surface area contributed by atoms with E-state index in [1.165, 1.54) is 28.2 Å². The van der Waals surface area contributed by atoms with Crippen LogP contribution in [0, 0.1) is 116 Å². The number of halogens is 22. The van der Waals surface area contributed by atoms with Crippen LogP contribution in [-0.2, 0) is 0 Å². The molecule has 6 nitrogen and oxygen atoms in total. The van der Waals surface area contributed by atoms with Crippen LogP contribution in [0.15, 0.2) is 12.1 Å². The third-order valence-electron chi connectivity index (χ3n) is 15.0. The zero-order valence-electron chi connectivity index (χ0n) is 40.6. The van der Waals surface area contributed by atoms with Crippen LogP contribution in [0.2, 0.25) is 0 Å². The van der Waals surface area contributed by atoms with Gasteiger partial charge in [0.05, 0.1) is 123 Å². The Morgan fingerprint density at radius 3 is 0.950 bits per heavy atom. The van der Waals surface area contributed by atoms with Crippen molar-refractivity contribution in [2.75, 3.05) is 54.4 Å². The van der Waals surface area contributed by atoms with Crippen molar-refractivity contribution in [3.63, 3.8) is 0 Å². The van der Waals surface area contributed by atoms with Gasteiger partial charge in [0.2, 0.25) is 23.3 Å². The second-order valence-electron chi connectivity index (χ2n) is 20.6. The van der Waals surface area contributed by atoms with Gasteiger partial charge in [0.1, 0.15) is 0 Å². The highest BCUT2D eigenvalue weighted by Crippen LogP contribution is 2.57. The summed E-state index contributed by atoms with van der Waals surface area (Å²) in [7, 11) is 6.06. The van der Waals surface area contributed by atoms with Crippen molar-refractivity contribution in [3.8, 4) is 44.5 Å². The van der Waals surface area contributed by atoms with Crippen LogP contribution in [0.3, 0.4) is 0 Å². The average molecular weight is 1370 g/mol. The molecule has 5 aliphatic heterocycles. The minimum atomic E-state index is -2.70. The summed E-state index contributed by atoms with van der Waals surface area (Å²) in [5.74, 6) is -57.4. The van der Waals surface area contributed by atoms with Crippen LogP contribution < -0.4 is 48.0 Å². The Morgan fingerprint density at radius 2 is 0.575 bits per heavy atom. The fourth-order valence-corrected chi connectivity index (χ4v) is 11.8. The summed E-state index contributed by atoms with van der Waals surface area (Å²) in [5.41, 5.74) is -18.0. The highest BCUT2D eigenvalue weighted by Gasteiger charge is 2.54. The Kier molecular flexibility index (Phi) is 14.6. The molecule has 6 aromatic rings. The maximum absolute atomic E-state index is 16.8. The average Bonchev–Trinajstić information content (AvgIpc) is 4.27. The molecule has 11 rings (SSSR count). The third kappa shape index (κ3) is 8.38. The summed E-state index contributed by atoms with van der Waals surface area (Å²) in [6.07, 6.45) is 1.39. The number of hydrogen-bond donors (Lipinski definition) is 2. The lowest BCUT2D eigenvalue weighted by atomic mass is 9.83. The number of nitrogens with one attached hydrogen (secondary N) is 2. The molecular formula is C52H30F20I2N6. The fraction of sp³-hybridized carbons (Fsp3) is 0.231. The van der Waals surface area contributed by atoms with Gasteiger partial charge >= 0.3 is 0 Å². The zero-order chi connectivity index (χ0) is 56.6. The van der Waals surface area contributed by atoms with Crippen LogP contribution in [0.25, 0.3) is 67.7 Å². The molecular weight excluding hydrogens is 1340 g/mol. The van der Waals surface area contributed by atoms with E-state index in [1.807, 2.05) is 0 Å². The lowest BCUT2D eigenvalue weighted by molar-refractivity contribution is -0.879. The van der Waals surface area contributed by atoms with E-state index in [0.29, 0.717) is 18.2 Å². The number of H-pyrrole nitrogens is 2. The highest BCUT2D eigenvalue weighted by molar-refractivity contribution is 5.95. The molecule has 28 heteroatoms. The van der Waals surface area contributed by atoms with Gasteiger partial charge in [-0.25, -0.2) is 92.8 Å². The molecule has 0 aliphatic carbocycles. The lowest BCUT2D eigenvalue weighted by Crippen LogP contribution is -3.00. The van der Waals surface area contributed by atoms with E-state index >= 15 is 70.2 Å². The van der Waals surface area contributed by atoms with Gasteiger partial charge in [0, 0.05) is 44.7 Å². The van der Waals surface area contributed by atoms with Gasteiger partial charge in [-0.1, -0.05) is 0 Å². The zero-order valence-corrected chi connectivity index (χ0v) is 44.9. The van der Waals surface area contributed by atoms with Crippen LogP contribution in [-0.4, -0.2) is 83.3 Å². The maximum Gasteiger partial charge on any atom is 0.200 e. The molecule has 4 aromatic carbocycles. The van der Waals surface area contributed by atoms with Gasteiger partial charge in [0.15, 0.2) is 93.1 Å². The van der Waals surface area contributed by atoms with Gasteiger partial charge in [-0.3, -0.25) is 4.98 Å². The van der Waals surface area contributed by atoms with Gasteiger partial charge in [0.25, 0.3) is 0 Å². The number of aromatic amines is 2. The van der Waals surface area contributed by atoms with E-state index in [-0.39, 0.29) is 83.1 Å². The molecule has 4 unspecified atom stereocenters. The minimum Gasteiger partial charge on any atom is -1.00 e.